The molecule has 0 atom stereocenters. The SMILES string of the molecule is CCOc1ccc(NC(=O)CSc2nc3c(sc(=S)n3-c3ccc(OCC)cc3)c(=O)[nH]2)cc1. The van der Waals surface area contributed by atoms with Gasteiger partial charge in [0.1, 0.15) is 16.2 Å². The minimum absolute atomic E-state index is 0.0789. The Bertz CT molecular complexity index is 1410. The molecule has 0 aliphatic carbocycles. The van der Waals surface area contributed by atoms with Gasteiger partial charge < -0.3 is 19.8 Å². The molecule has 0 saturated carbocycles. The molecule has 2 aromatic heterocycles. The van der Waals surface area contributed by atoms with Gasteiger partial charge in [0.15, 0.2) is 14.8 Å². The third-order valence-electron chi connectivity index (χ3n) is 4.62. The summed E-state index contributed by atoms with van der Waals surface area (Å²) in [5.41, 5.74) is 1.60. The maximum absolute atomic E-state index is 12.7. The van der Waals surface area contributed by atoms with E-state index in [4.69, 9.17) is 21.7 Å². The van der Waals surface area contributed by atoms with Crippen molar-refractivity contribution < 1.29 is 14.3 Å². The lowest BCUT2D eigenvalue weighted by molar-refractivity contribution is -0.113. The van der Waals surface area contributed by atoms with Crippen molar-refractivity contribution >= 4 is 57.3 Å². The number of H-pyrrole nitrogens is 1. The van der Waals surface area contributed by atoms with Gasteiger partial charge in [0.2, 0.25) is 5.91 Å². The zero-order valence-corrected chi connectivity index (χ0v) is 20.9. The summed E-state index contributed by atoms with van der Waals surface area (Å²) >= 11 is 7.84. The summed E-state index contributed by atoms with van der Waals surface area (Å²) in [6.45, 7) is 4.98. The first-order valence-electron chi connectivity index (χ1n) is 10.5. The van der Waals surface area contributed by atoms with Gasteiger partial charge in [-0.1, -0.05) is 23.1 Å². The summed E-state index contributed by atoms with van der Waals surface area (Å²) in [7, 11) is 0. The third kappa shape index (κ3) is 5.49. The molecule has 34 heavy (non-hydrogen) atoms. The molecule has 8 nitrogen and oxygen atoms in total. The monoisotopic (exact) mass is 514 g/mol. The number of aromatic amines is 1. The lowest BCUT2D eigenvalue weighted by Crippen LogP contribution is -2.15. The Morgan fingerprint density at radius 1 is 1.09 bits per heavy atom. The number of hydrogen-bond acceptors (Lipinski definition) is 8. The molecule has 0 bridgehead atoms. The van der Waals surface area contributed by atoms with Gasteiger partial charge in [-0.2, -0.15) is 0 Å². The van der Waals surface area contributed by atoms with E-state index in [1.54, 1.807) is 28.8 Å². The van der Waals surface area contributed by atoms with E-state index >= 15 is 0 Å². The number of nitrogens with zero attached hydrogens (tertiary/aromatic N) is 2. The topological polar surface area (TPSA) is 98.2 Å². The van der Waals surface area contributed by atoms with Gasteiger partial charge in [0.05, 0.1) is 19.0 Å². The van der Waals surface area contributed by atoms with Crippen LogP contribution >= 0.6 is 35.3 Å². The predicted molar refractivity (Wildman–Crippen MR) is 139 cm³/mol. The molecule has 0 spiro atoms. The molecule has 0 unspecified atom stereocenters. The van der Waals surface area contributed by atoms with E-state index in [1.807, 2.05) is 38.1 Å². The van der Waals surface area contributed by atoms with E-state index in [0.717, 1.165) is 28.9 Å². The zero-order valence-electron chi connectivity index (χ0n) is 18.5. The van der Waals surface area contributed by atoms with Gasteiger partial charge in [-0.05, 0) is 74.6 Å². The highest BCUT2D eigenvalue weighted by molar-refractivity contribution is 7.99. The number of fused-ring (bicyclic) bond motifs is 1. The summed E-state index contributed by atoms with van der Waals surface area (Å²) in [5.74, 6) is 1.35. The molecule has 2 heterocycles. The Labute approximate surface area is 209 Å². The van der Waals surface area contributed by atoms with Crippen molar-refractivity contribution in [3.8, 4) is 17.2 Å². The number of amides is 1. The predicted octanol–water partition coefficient (Wildman–Crippen LogP) is 5.03. The maximum atomic E-state index is 12.7. The second-order valence-corrected chi connectivity index (χ2v) is 9.56. The van der Waals surface area contributed by atoms with Gasteiger partial charge in [-0.25, -0.2) is 4.98 Å². The lowest BCUT2D eigenvalue weighted by atomic mass is 10.3. The Hall–Kier alpha value is -3.15. The van der Waals surface area contributed by atoms with Crippen LogP contribution in [0.4, 0.5) is 5.69 Å². The average Bonchev–Trinajstić information content (AvgIpc) is 3.16. The highest BCUT2D eigenvalue weighted by Gasteiger charge is 2.15. The van der Waals surface area contributed by atoms with Crippen molar-refractivity contribution in [2.24, 2.45) is 0 Å². The first-order valence-corrected chi connectivity index (χ1v) is 12.7. The quantitative estimate of drug-likeness (QED) is 0.184. The zero-order chi connectivity index (χ0) is 24.1. The number of thioether (sulfide) groups is 1. The molecule has 11 heteroatoms. The van der Waals surface area contributed by atoms with Crippen LogP contribution in [-0.4, -0.2) is 39.4 Å². The second-order valence-electron chi connectivity index (χ2n) is 6.95. The minimum Gasteiger partial charge on any atom is -0.494 e. The molecule has 0 radical (unpaired) electrons. The number of rotatable bonds is 9. The lowest BCUT2D eigenvalue weighted by Gasteiger charge is -2.08. The molecule has 0 fully saturated rings. The summed E-state index contributed by atoms with van der Waals surface area (Å²) < 4.78 is 13.6. The van der Waals surface area contributed by atoms with Crippen molar-refractivity contribution in [3.63, 3.8) is 0 Å². The number of anilines is 1. The van der Waals surface area contributed by atoms with E-state index in [-0.39, 0.29) is 17.2 Å². The number of thiazole rings is 1. The minimum atomic E-state index is -0.291. The highest BCUT2D eigenvalue weighted by atomic mass is 32.2. The Morgan fingerprint density at radius 3 is 2.32 bits per heavy atom. The fourth-order valence-electron chi connectivity index (χ4n) is 3.18. The smallest absolute Gasteiger partial charge is 0.271 e. The van der Waals surface area contributed by atoms with Gasteiger partial charge in [-0.3, -0.25) is 14.2 Å². The summed E-state index contributed by atoms with van der Waals surface area (Å²) in [4.78, 5) is 32.4. The molecule has 0 saturated heterocycles. The first-order chi connectivity index (χ1) is 16.5. The van der Waals surface area contributed by atoms with Gasteiger partial charge >= 0.3 is 0 Å². The van der Waals surface area contributed by atoms with Crippen molar-refractivity contribution in [1.82, 2.24) is 14.5 Å². The summed E-state index contributed by atoms with van der Waals surface area (Å²) in [5, 5.41) is 3.16. The average molecular weight is 515 g/mol. The second kappa shape index (κ2) is 10.9. The molecule has 4 aromatic rings. The maximum Gasteiger partial charge on any atom is 0.271 e. The number of nitrogens with one attached hydrogen (secondary N) is 2. The number of carbonyl (C=O) groups is 1. The molecule has 2 aromatic carbocycles. The van der Waals surface area contributed by atoms with Crippen LogP contribution < -0.4 is 20.3 Å². The standard InChI is InChI=1S/C23H22N4O4S3/c1-3-30-16-9-5-14(6-10-16)24-18(28)13-33-22-25-20-19(21(29)26-22)34-23(32)27(20)15-7-11-17(12-8-15)31-4-2/h5-12H,3-4,13H2,1-2H3,(H,24,28)(H,25,26,29). The van der Waals surface area contributed by atoms with Gasteiger partial charge in [-0.15, -0.1) is 0 Å². The van der Waals surface area contributed by atoms with Gasteiger partial charge in [0.25, 0.3) is 5.56 Å². The first kappa shape index (κ1) is 24.0. The van der Waals surface area contributed by atoms with E-state index in [9.17, 15) is 9.59 Å². The normalized spacial score (nSPS) is 10.9. The van der Waals surface area contributed by atoms with Crippen LogP contribution in [0.2, 0.25) is 0 Å². The molecule has 176 valence electrons. The summed E-state index contributed by atoms with van der Waals surface area (Å²) in [6, 6.07) is 14.6. The fourth-order valence-corrected chi connectivity index (χ4v) is 5.11. The molecule has 2 N–H and O–H groups in total. The number of aromatic nitrogens is 3. The van der Waals surface area contributed by atoms with Crippen LogP contribution in [0.1, 0.15) is 13.8 Å². The number of carbonyl (C=O) groups excluding carboxylic acids is 1. The van der Waals surface area contributed by atoms with E-state index in [1.165, 1.54) is 11.3 Å². The number of benzene rings is 2. The van der Waals surface area contributed by atoms with Gasteiger partial charge in [0, 0.05) is 11.4 Å². The Morgan fingerprint density at radius 2 is 1.71 bits per heavy atom. The van der Waals surface area contributed by atoms with Crippen molar-refractivity contribution in [2.75, 3.05) is 24.3 Å². The van der Waals surface area contributed by atoms with E-state index < -0.39 is 0 Å². The molecule has 0 aliphatic heterocycles. The van der Waals surface area contributed by atoms with Crippen LogP contribution in [-0.2, 0) is 4.79 Å². The van der Waals surface area contributed by atoms with E-state index in [0.29, 0.717) is 38.4 Å². The fraction of sp³-hybridized carbons (Fsp3) is 0.217. The third-order valence-corrected chi connectivity index (χ3v) is 6.85. The van der Waals surface area contributed by atoms with Crippen molar-refractivity contribution in [3.05, 3.63) is 62.8 Å². The molecular formula is C23H22N4O4S3. The van der Waals surface area contributed by atoms with Crippen molar-refractivity contribution in [2.45, 2.75) is 19.0 Å². The Kier molecular flexibility index (Phi) is 7.66. The Balaban J connectivity index is 1.52. The van der Waals surface area contributed by atoms with E-state index in [2.05, 4.69) is 15.3 Å². The van der Waals surface area contributed by atoms with Crippen LogP contribution in [0.15, 0.2) is 58.5 Å². The molecular weight excluding hydrogens is 492 g/mol. The van der Waals surface area contributed by atoms with Crippen LogP contribution in [0.3, 0.4) is 0 Å². The van der Waals surface area contributed by atoms with Crippen LogP contribution in [0, 0.1) is 3.95 Å². The van der Waals surface area contributed by atoms with Crippen LogP contribution in [0.5, 0.6) is 11.5 Å². The summed E-state index contributed by atoms with van der Waals surface area (Å²) in [6.07, 6.45) is 0. The van der Waals surface area contributed by atoms with Crippen LogP contribution in [0.25, 0.3) is 16.0 Å². The van der Waals surface area contributed by atoms with Crippen molar-refractivity contribution in [1.29, 1.82) is 0 Å². The highest BCUT2D eigenvalue weighted by Crippen LogP contribution is 2.26. The molecule has 1 amide bonds. The number of hydrogen-bond donors (Lipinski definition) is 2. The molecule has 4 rings (SSSR count). The largest absolute Gasteiger partial charge is 0.494 e. The molecule has 0 aliphatic rings. The number of ether oxygens (including phenoxy) is 2.